The fourth-order valence-corrected chi connectivity index (χ4v) is 1.60. The highest BCUT2D eigenvalue weighted by molar-refractivity contribution is 5.78. The highest BCUT2D eigenvalue weighted by Gasteiger charge is 2.19. The predicted octanol–water partition coefficient (Wildman–Crippen LogP) is 0.406. The third kappa shape index (κ3) is 3.75. The van der Waals surface area contributed by atoms with Gasteiger partial charge in [0.2, 0.25) is 5.91 Å². The van der Waals surface area contributed by atoms with Crippen molar-refractivity contribution in [1.29, 1.82) is 5.26 Å². The number of nitrogens with zero attached hydrogens (tertiary/aromatic N) is 1. The first kappa shape index (κ1) is 11.0. The SMILES string of the molecule is N#CCCCNC(=O)[C@H]1CCCNC1. The van der Waals surface area contributed by atoms with Crippen LogP contribution in [0.3, 0.4) is 0 Å². The van der Waals surface area contributed by atoms with E-state index in [1.165, 1.54) is 0 Å². The number of nitriles is 1. The number of rotatable bonds is 4. The van der Waals surface area contributed by atoms with Gasteiger partial charge in [0.15, 0.2) is 0 Å². The number of hydrogen-bond acceptors (Lipinski definition) is 3. The van der Waals surface area contributed by atoms with Gasteiger partial charge in [-0.2, -0.15) is 5.26 Å². The molecule has 0 unspecified atom stereocenters. The lowest BCUT2D eigenvalue weighted by Gasteiger charge is -2.21. The van der Waals surface area contributed by atoms with Crippen molar-refractivity contribution in [2.24, 2.45) is 5.92 Å². The van der Waals surface area contributed by atoms with Crippen molar-refractivity contribution in [3.05, 3.63) is 0 Å². The Morgan fingerprint density at radius 1 is 1.64 bits per heavy atom. The maximum Gasteiger partial charge on any atom is 0.224 e. The molecule has 1 amide bonds. The van der Waals surface area contributed by atoms with Gasteiger partial charge in [0.05, 0.1) is 12.0 Å². The Morgan fingerprint density at radius 3 is 3.14 bits per heavy atom. The molecule has 14 heavy (non-hydrogen) atoms. The van der Waals surface area contributed by atoms with Crippen molar-refractivity contribution in [3.8, 4) is 6.07 Å². The summed E-state index contributed by atoms with van der Waals surface area (Å²) in [7, 11) is 0. The Labute approximate surface area is 84.7 Å². The van der Waals surface area contributed by atoms with Gasteiger partial charge in [-0.15, -0.1) is 0 Å². The van der Waals surface area contributed by atoms with E-state index >= 15 is 0 Å². The number of amides is 1. The number of hydrogen-bond donors (Lipinski definition) is 2. The lowest BCUT2D eigenvalue weighted by molar-refractivity contribution is -0.125. The Kier molecular flexibility index (Phi) is 5.02. The third-order valence-corrected chi connectivity index (χ3v) is 2.43. The monoisotopic (exact) mass is 195 g/mol. The van der Waals surface area contributed by atoms with Gasteiger partial charge in [0.25, 0.3) is 0 Å². The van der Waals surface area contributed by atoms with E-state index in [2.05, 4.69) is 16.7 Å². The molecule has 0 spiro atoms. The van der Waals surface area contributed by atoms with Crippen molar-refractivity contribution >= 4 is 5.91 Å². The molecule has 1 fully saturated rings. The van der Waals surface area contributed by atoms with E-state index in [-0.39, 0.29) is 11.8 Å². The molecule has 78 valence electrons. The standard InChI is InChI=1S/C10H17N3O/c11-5-1-2-7-13-10(14)9-4-3-6-12-8-9/h9,12H,1-4,6-8H2,(H,13,14)/t9-/m0/s1. The summed E-state index contributed by atoms with van der Waals surface area (Å²) in [6.07, 6.45) is 3.33. The summed E-state index contributed by atoms with van der Waals surface area (Å²) in [5.41, 5.74) is 0. The van der Waals surface area contributed by atoms with Crippen molar-refractivity contribution in [2.75, 3.05) is 19.6 Å². The molecule has 0 radical (unpaired) electrons. The van der Waals surface area contributed by atoms with E-state index in [0.717, 1.165) is 32.4 Å². The van der Waals surface area contributed by atoms with Crippen LogP contribution < -0.4 is 10.6 Å². The number of piperidine rings is 1. The fourth-order valence-electron chi connectivity index (χ4n) is 1.60. The lowest BCUT2D eigenvalue weighted by atomic mass is 9.99. The molecule has 2 N–H and O–H groups in total. The van der Waals surface area contributed by atoms with Crippen LogP contribution in [0.25, 0.3) is 0 Å². The topological polar surface area (TPSA) is 64.9 Å². The minimum atomic E-state index is 0.130. The van der Waals surface area contributed by atoms with E-state index in [0.29, 0.717) is 13.0 Å². The molecule has 1 aliphatic heterocycles. The zero-order chi connectivity index (χ0) is 10.2. The normalized spacial score (nSPS) is 21.2. The van der Waals surface area contributed by atoms with Crippen LogP contribution in [-0.2, 0) is 4.79 Å². The largest absolute Gasteiger partial charge is 0.356 e. The van der Waals surface area contributed by atoms with Crippen LogP contribution in [0.4, 0.5) is 0 Å². The molecular weight excluding hydrogens is 178 g/mol. The van der Waals surface area contributed by atoms with Gasteiger partial charge in [0, 0.05) is 19.5 Å². The Hall–Kier alpha value is -1.08. The minimum Gasteiger partial charge on any atom is -0.356 e. The van der Waals surface area contributed by atoms with E-state index in [1.807, 2.05) is 0 Å². The summed E-state index contributed by atoms with van der Waals surface area (Å²) in [5, 5.41) is 14.4. The number of carbonyl (C=O) groups is 1. The van der Waals surface area contributed by atoms with Gasteiger partial charge in [-0.05, 0) is 25.8 Å². The molecule has 0 aromatic carbocycles. The summed E-state index contributed by atoms with van der Waals surface area (Å²) in [6.45, 7) is 2.45. The highest BCUT2D eigenvalue weighted by Crippen LogP contribution is 2.09. The third-order valence-electron chi connectivity index (χ3n) is 2.43. The van der Waals surface area contributed by atoms with Gasteiger partial charge >= 0.3 is 0 Å². The van der Waals surface area contributed by atoms with Gasteiger partial charge in [0.1, 0.15) is 0 Å². The molecule has 0 saturated carbocycles. The summed E-state index contributed by atoms with van der Waals surface area (Å²) >= 11 is 0. The zero-order valence-corrected chi connectivity index (χ0v) is 8.38. The average Bonchev–Trinajstić information content (AvgIpc) is 2.25. The van der Waals surface area contributed by atoms with Crippen LogP contribution in [-0.4, -0.2) is 25.5 Å². The first-order valence-corrected chi connectivity index (χ1v) is 5.20. The predicted molar refractivity (Wildman–Crippen MR) is 53.5 cm³/mol. The highest BCUT2D eigenvalue weighted by atomic mass is 16.1. The Bertz CT molecular complexity index is 216. The van der Waals surface area contributed by atoms with Crippen LogP contribution in [0, 0.1) is 17.2 Å². The van der Waals surface area contributed by atoms with Crippen molar-refractivity contribution in [2.45, 2.75) is 25.7 Å². The smallest absolute Gasteiger partial charge is 0.224 e. The van der Waals surface area contributed by atoms with Crippen molar-refractivity contribution < 1.29 is 4.79 Å². The van der Waals surface area contributed by atoms with E-state index in [4.69, 9.17) is 5.26 Å². The van der Waals surface area contributed by atoms with Gasteiger partial charge in [-0.3, -0.25) is 4.79 Å². The summed E-state index contributed by atoms with van der Waals surface area (Å²) in [4.78, 5) is 11.5. The quantitative estimate of drug-likeness (QED) is 0.638. The first-order valence-electron chi connectivity index (χ1n) is 5.20. The maximum atomic E-state index is 11.5. The van der Waals surface area contributed by atoms with Gasteiger partial charge < -0.3 is 10.6 Å². The van der Waals surface area contributed by atoms with Gasteiger partial charge in [-0.1, -0.05) is 0 Å². The van der Waals surface area contributed by atoms with Crippen LogP contribution in [0.2, 0.25) is 0 Å². The molecule has 1 aliphatic rings. The van der Waals surface area contributed by atoms with Crippen LogP contribution in [0.5, 0.6) is 0 Å². The van der Waals surface area contributed by atoms with E-state index in [9.17, 15) is 4.79 Å². The second-order valence-electron chi connectivity index (χ2n) is 3.60. The Morgan fingerprint density at radius 2 is 2.50 bits per heavy atom. The summed E-state index contributed by atoms with van der Waals surface area (Å²) < 4.78 is 0. The molecule has 1 atom stereocenters. The van der Waals surface area contributed by atoms with Crippen LogP contribution >= 0.6 is 0 Å². The fraction of sp³-hybridized carbons (Fsp3) is 0.800. The second kappa shape index (κ2) is 6.39. The molecule has 1 rings (SSSR count). The van der Waals surface area contributed by atoms with E-state index in [1.54, 1.807) is 0 Å². The molecule has 1 heterocycles. The number of unbranched alkanes of at least 4 members (excludes halogenated alkanes) is 1. The Balaban J connectivity index is 2.11. The molecule has 4 heteroatoms. The zero-order valence-electron chi connectivity index (χ0n) is 8.38. The van der Waals surface area contributed by atoms with Crippen LogP contribution in [0.1, 0.15) is 25.7 Å². The second-order valence-corrected chi connectivity index (χ2v) is 3.60. The lowest BCUT2D eigenvalue weighted by Crippen LogP contribution is -2.40. The van der Waals surface area contributed by atoms with E-state index < -0.39 is 0 Å². The van der Waals surface area contributed by atoms with Gasteiger partial charge in [-0.25, -0.2) is 0 Å². The maximum absolute atomic E-state index is 11.5. The molecule has 1 saturated heterocycles. The van der Waals surface area contributed by atoms with Crippen molar-refractivity contribution in [1.82, 2.24) is 10.6 Å². The average molecular weight is 195 g/mol. The summed E-state index contributed by atoms with van der Waals surface area (Å²) in [6, 6.07) is 2.06. The first-order chi connectivity index (χ1) is 6.84. The summed E-state index contributed by atoms with van der Waals surface area (Å²) in [5.74, 6) is 0.265. The molecule has 0 aliphatic carbocycles. The number of carbonyl (C=O) groups excluding carboxylic acids is 1. The number of nitrogens with one attached hydrogen (secondary N) is 2. The molecule has 0 aromatic heterocycles. The molecule has 0 bridgehead atoms. The molecule has 4 nitrogen and oxygen atoms in total. The molecule has 0 aromatic rings. The molecular formula is C10H17N3O. The van der Waals surface area contributed by atoms with Crippen molar-refractivity contribution in [3.63, 3.8) is 0 Å². The minimum absolute atomic E-state index is 0.130. The van der Waals surface area contributed by atoms with Crippen LogP contribution in [0.15, 0.2) is 0 Å².